The van der Waals surface area contributed by atoms with E-state index in [1.165, 1.54) is 6.07 Å². The first-order chi connectivity index (χ1) is 12.3. The van der Waals surface area contributed by atoms with Crippen LogP contribution in [0, 0.1) is 5.82 Å². The fourth-order valence-corrected chi connectivity index (χ4v) is 2.86. The molecule has 0 aliphatic carbocycles. The number of benzene rings is 1. The second-order valence-electron chi connectivity index (χ2n) is 7.68. The van der Waals surface area contributed by atoms with E-state index >= 15 is 0 Å². The molecule has 0 aliphatic heterocycles. The Balaban J connectivity index is 1.83. The van der Waals surface area contributed by atoms with E-state index in [9.17, 15) is 4.39 Å². The summed E-state index contributed by atoms with van der Waals surface area (Å²) >= 11 is 0. The van der Waals surface area contributed by atoms with Crippen LogP contribution in [0.25, 0.3) is 5.65 Å². The van der Waals surface area contributed by atoms with E-state index in [0.717, 1.165) is 22.9 Å². The van der Waals surface area contributed by atoms with Gasteiger partial charge in [0.1, 0.15) is 11.6 Å². The Hall–Kier alpha value is -2.54. The number of hydrogen-bond donors (Lipinski definition) is 1. The Bertz CT molecular complexity index is 896. The van der Waals surface area contributed by atoms with Crippen LogP contribution in [0.3, 0.4) is 0 Å². The highest BCUT2D eigenvalue weighted by molar-refractivity contribution is 5.44. The summed E-state index contributed by atoms with van der Waals surface area (Å²) < 4.78 is 15.4. The Kier molecular flexibility index (Phi) is 4.91. The van der Waals surface area contributed by atoms with Crippen molar-refractivity contribution in [2.24, 2.45) is 0 Å². The highest BCUT2D eigenvalue weighted by Gasteiger charge is 2.22. The van der Waals surface area contributed by atoms with E-state index in [1.807, 2.05) is 32.3 Å². The summed E-state index contributed by atoms with van der Waals surface area (Å²) in [6, 6.07) is 10.5. The topological polar surface area (TPSA) is 58.3 Å². The summed E-state index contributed by atoms with van der Waals surface area (Å²) in [6.07, 6.45) is 0. The minimum atomic E-state index is -0.229. The van der Waals surface area contributed by atoms with Crippen LogP contribution < -0.4 is 5.32 Å². The Morgan fingerprint density at radius 3 is 2.58 bits per heavy atom. The summed E-state index contributed by atoms with van der Waals surface area (Å²) in [4.78, 5) is 2.06. The molecule has 0 saturated carbocycles. The molecule has 0 bridgehead atoms. The van der Waals surface area contributed by atoms with Crippen molar-refractivity contribution in [2.45, 2.75) is 32.2 Å². The highest BCUT2D eigenvalue weighted by Crippen LogP contribution is 2.22. The van der Waals surface area contributed by atoms with Gasteiger partial charge in [0.25, 0.3) is 0 Å². The van der Waals surface area contributed by atoms with Crippen LogP contribution in [0.5, 0.6) is 0 Å². The Morgan fingerprint density at radius 2 is 1.92 bits per heavy atom. The first-order valence-electron chi connectivity index (χ1n) is 8.64. The van der Waals surface area contributed by atoms with Gasteiger partial charge in [-0.05, 0) is 43.9 Å². The molecule has 0 spiro atoms. The van der Waals surface area contributed by atoms with Gasteiger partial charge in [-0.3, -0.25) is 0 Å². The normalized spacial score (nSPS) is 13.3. The van der Waals surface area contributed by atoms with Crippen molar-refractivity contribution in [2.75, 3.05) is 26.0 Å². The summed E-state index contributed by atoms with van der Waals surface area (Å²) in [6.45, 7) is 6.84. The Labute approximate surface area is 153 Å². The number of likely N-dealkylation sites (N-methyl/N-ethyl adjacent to an activating group) is 1. The predicted molar refractivity (Wildman–Crippen MR) is 101 cm³/mol. The molecule has 26 heavy (non-hydrogen) atoms. The van der Waals surface area contributed by atoms with E-state index < -0.39 is 0 Å². The smallest absolute Gasteiger partial charge is 0.178 e. The molecule has 1 N–H and O–H groups in total. The van der Waals surface area contributed by atoms with Crippen molar-refractivity contribution < 1.29 is 4.39 Å². The van der Waals surface area contributed by atoms with Gasteiger partial charge in [0, 0.05) is 12.0 Å². The molecule has 0 amide bonds. The SMILES string of the molecule is CN(C)C(CNc1ccc2nnc(C(C)(C)C)n2n1)c1cccc(F)c1. The average molecular weight is 356 g/mol. The molecule has 3 aromatic rings. The van der Waals surface area contributed by atoms with Crippen molar-refractivity contribution in [1.29, 1.82) is 0 Å². The fourth-order valence-electron chi connectivity index (χ4n) is 2.86. The van der Waals surface area contributed by atoms with E-state index in [4.69, 9.17) is 0 Å². The molecule has 2 heterocycles. The molecule has 0 radical (unpaired) electrons. The van der Waals surface area contributed by atoms with Crippen LogP contribution in [0.1, 0.15) is 38.2 Å². The van der Waals surface area contributed by atoms with Gasteiger partial charge in [0.15, 0.2) is 11.5 Å². The lowest BCUT2D eigenvalue weighted by Crippen LogP contribution is -2.27. The molecule has 3 rings (SSSR count). The summed E-state index contributed by atoms with van der Waals surface area (Å²) in [5.41, 5.74) is 1.48. The van der Waals surface area contributed by atoms with Gasteiger partial charge in [-0.15, -0.1) is 15.3 Å². The number of nitrogens with one attached hydrogen (secondary N) is 1. The van der Waals surface area contributed by atoms with Gasteiger partial charge in [0.05, 0.1) is 6.04 Å². The summed E-state index contributed by atoms with van der Waals surface area (Å²) in [5, 5.41) is 16.4. The monoisotopic (exact) mass is 356 g/mol. The number of nitrogens with zero attached hydrogens (tertiary/aromatic N) is 5. The number of anilines is 1. The van der Waals surface area contributed by atoms with Crippen molar-refractivity contribution in [1.82, 2.24) is 24.7 Å². The third kappa shape index (κ3) is 3.83. The maximum absolute atomic E-state index is 13.6. The second-order valence-corrected chi connectivity index (χ2v) is 7.68. The molecule has 1 unspecified atom stereocenters. The lowest BCUT2D eigenvalue weighted by atomic mass is 9.96. The zero-order valence-electron chi connectivity index (χ0n) is 15.9. The molecule has 1 atom stereocenters. The molecule has 7 heteroatoms. The number of aromatic nitrogens is 4. The average Bonchev–Trinajstić information content (AvgIpc) is 2.98. The van der Waals surface area contributed by atoms with Crippen LogP contribution >= 0.6 is 0 Å². The minimum Gasteiger partial charge on any atom is -0.367 e. The summed E-state index contributed by atoms with van der Waals surface area (Å²) in [5.74, 6) is 1.31. The molecule has 0 aliphatic rings. The van der Waals surface area contributed by atoms with Crippen molar-refractivity contribution in [3.63, 3.8) is 0 Å². The van der Waals surface area contributed by atoms with Crippen LogP contribution in [-0.2, 0) is 5.41 Å². The van der Waals surface area contributed by atoms with Gasteiger partial charge in [0.2, 0.25) is 0 Å². The van der Waals surface area contributed by atoms with Crippen LogP contribution in [-0.4, -0.2) is 45.4 Å². The zero-order valence-corrected chi connectivity index (χ0v) is 15.9. The van der Waals surface area contributed by atoms with Crippen LogP contribution in [0.2, 0.25) is 0 Å². The fraction of sp³-hybridized carbons (Fsp3) is 0.421. The van der Waals surface area contributed by atoms with E-state index in [-0.39, 0.29) is 17.3 Å². The van der Waals surface area contributed by atoms with Crippen molar-refractivity contribution >= 4 is 11.5 Å². The number of rotatable bonds is 5. The quantitative estimate of drug-likeness (QED) is 0.760. The zero-order chi connectivity index (χ0) is 18.9. The standard InChI is InChI=1S/C19H25FN6/c1-19(2,3)18-23-22-17-10-9-16(24-26(17)18)21-12-15(25(4)5)13-7-6-8-14(20)11-13/h6-11,15H,12H2,1-5H3,(H,21,24). The van der Waals surface area contributed by atoms with Crippen molar-refractivity contribution in [3.8, 4) is 0 Å². The number of hydrogen-bond acceptors (Lipinski definition) is 5. The van der Waals surface area contributed by atoms with Gasteiger partial charge < -0.3 is 10.2 Å². The second kappa shape index (κ2) is 6.99. The highest BCUT2D eigenvalue weighted by atomic mass is 19.1. The van der Waals surface area contributed by atoms with Gasteiger partial charge in [-0.1, -0.05) is 32.9 Å². The molecule has 1 aromatic carbocycles. The number of fused-ring (bicyclic) bond motifs is 1. The molecular formula is C19H25FN6. The van der Waals surface area contributed by atoms with Gasteiger partial charge in [-0.25, -0.2) is 4.39 Å². The third-order valence-corrected chi connectivity index (χ3v) is 4.27. The lowest BCUT2D eigenvalue weighted by Gasteiger charge is -2.25. The molecular weight excluding hydrogens is 331 g/mol. The molecule has 2 aromatic heterocycles. The lowest BCUT2D eigenvalue weighted by molar-refractivity contribution is 0.311. The van der Waals surface area contributed by atoms with Gasteiger partial charge >= 0.3 is 0 Å². The predicted octanol–water partition coefficient (Wildman–Crippen LogP) is 3.28. The Morgan fingerprint density at radius 1 is 1.15 bits per heavy atom. The molecule has 6 nitrogen and oxygen atoms in total. The maximum Gasteiger partial charge on any atom is 0.178 e. The van der Waals surface area contributed by atoms with Gasteiger partial charge in [-0.2, -0.15) is 4.52 Å². The first kappa shape index (κ1) is 18.3. The molecule has 0 saturated heterocycles. The third-order valence-electron chi connectivity index (χ3n) is 4.27. The maximum atomic E-state index is 13.6. The first-order valence-corrected chi connectivity index (χ1v) is 8.64. The largest absolute Gasteiger partial charge is 0.367 e. The summed E-state index contributed by atoms with van der Waals surface area (Å²) in [7, 11) is 3.96. The van der Waals surface area contributed by atoms with Crippen LogP contribution in [0.4, 0.5) is 10.2 Å². The van der Waals surface area contributed by atoms with E-state index in [1.54, 1.807) is 16.6 Å². The molecule has 138 valence electrons. The minimum absolute atomic E-state index is 0.0196. The number of halogens is 1. The van der Waals surface area contributed by atoms with E-state index in [2.05, 4.69) is 46.3 Å². The van der Waals surface area contributed by atoms with Crippen molar-refractivity contribution in [3.05, 3.63) is 53.6 Å². The molecule has 0 fully saturated rings. The van der Waals surface area contributed by atoms with Crippen LogP contribution in [0.15, 0.2) is 36.4 Å². The van der Waals surface area contributed by atoms with E-state index in [0.29, 0.717) is 6.54 Å².